The zero-order valence-electron chi connectivity index (χ0n) is 4.56. The first-order valence-corrected chi connectivity index (χ1v) is 2.93. The lowest BCUT2D eigenvalue weighted by molar-refractivity contribution is 0.998. The first-order valence-electron chi connectivity index (χ1n) is 1.99. The SMILES string of the molecule is Cl.Cl.NC1N=CC=CS1. The molecule has 2 N–H and O–H groups in total. The molecule has 0 aromatic rings. The van der Waals surface area contributed by atoms with Crippen LogP contribution in [0.4, 0.5) is 0 Å². The van der Waals surface area contributed by atoms with Gasteiger partial charge in [-0.15, -0.1) is 24.8 Å². The summed E-state index contributed by atoms with van der Waals surface area (Å²) in [4.78, 5) is 3.86. The van der Waals surface area contributed by atoms with Crippen LogP contribution in [0, 0.1) is 0 Å². The van der Waals surface area contributed by atoms with Crippen LogP contribution in [-0.2, 0) is 0 Å². The van der Waals surface area contributed by atoms with Crippen molar-refractivity contribution in [3.63, 3.8) is 0 Å². The fourth-order valence-corrected chi connectivity index (χ4v) is 0.793. The predicted molar refractivity (Wildman–Crippen MR) is 47.7 cm³/mol. The third kappa shape index (κ3) is 4.78. The Morgan fingerprint density at radius 3 is 2.33 bits per heavy atom. The van der Waals surface area contributed by atoms with E-state index in [9.17, 15) is 0 Å². The third-order valence-corrected chi connectivity index (χ3v) is 1.33. The van der Waals surface area contributed by atoms with Crippen LogP contribution < -0.4 is 5.73 Å². The molecule has 0 aromatic carbocycles. The Labute approximate surface area is 70.8 Å². The fraction of sp³-hybridized carbons (Fsp3) is 0.250. The van der Waals surface area contributed by atoms with Crippen LogP contribution in [0.15, 0.2) is 16.5 Å². The zero-order chi connectivity index (χ0) is 5.11. The van der Waals surface area contributed by atoms with E-state index in [2.05, 4.69) is 4.99 Å². The fourth-order valence-electron chi connectivity index (χ4n) is 0.331. The van der Waals surface area contributed by atoms with E-state index in [1.54, 1.807) is 6.21 Å². The Bertz CT molecular complexity index is 115. The molecule has 0 saturated heterocycles. The molecular weight excluding hydrogens is 179 g/mol. The maximum atomic E-state index is 5.35. The standard InChI is InChI=1S/C4H6N2S.2ClH/c5-4-6-2-1-3-7-4;;/h1-4H,5H2;2*1H. The van der Waals surface area contributed by atoms with Crippen molar-refractivity contribution in [3.8, 4) is 0 Å². The Hall–Kier alpha value is 0.300. The summed E-state index contributed by atoms with van der Waals surface area (Å²) in [5, 5.41) is 1.93. The Morgan fingerprint density at radius 2 is 2.11 bits per heavy atom. The van der Waals surface area contributed by atoms with Gasteiger partial charge in [-0.3, -0.25) is 4.99 Å². The quantitative estimate of drug-likeness (QED) is 0.622. The van der Waals surface area contributed by atoms with Crippen molar-refractivity contribution in [3.05, 3.63) is 11.5 Å². The van der Waals surface area contributed by atoms with Crippen molar-refractivity contribution in [1.29, 1.82) is 0 Å². The summed E-state index contributed by atoms with van der Waals surface area (Å²) in [6, 6.07) is 0. The van der Waals surface area contributed by atoms with Crippen LogP contribution in [0.1, 0.15) is 0 Å². The highest BCUT2D eigenvalue weighted by Crippen LogP contribution is 2.09. The van der Waals surface area contributed by atoms with E-state index in [1.165, 1.54) is 11.8 Å². The molecule has 5 heteroatoms. The van der Waals surface area contributed by atoms with Gasteiger partial charge in [0, 0.05) is 6.21 Å². The van der Waals surface area contributed by atoms with Gasteiger partial charge in [-0.2, -0.15) is 0 Å². The number of rotatable bonds is 0. The highest BCUT2D eigenvalue weighted by molar-refractivity contribution is 8.02. The van der Waals surface area contributed by atoms with E-state index in [0.29, 0.717) is 0 Å². The largest absolute Gasteiger partial charge is 0.301 e. The van der Waals surface area contributed by atoms with Crippen molar-refractivity contribution in [2.24, 2.45) is 10.7 Å². The molecule has 0 aromatic heterocycles. The topological polar surface area (TPSA) is 38.4 Å². The second-order valence-corrected chi connectivity index (χ2v) is 2.18. The molecule has 9 heavy (non-hydrogen) atoms. The van der Waals surface area contributed by atoms with E-state index in [4.69, 9.17) is 5.73 Å². The lowest BCUT2D eigenvalue weighted by atomic mass is 10.7. The summed E-state index contributed by atoms with van der Waals surface area (Å²) < 4.78 is 0. The van der Waals surface area contributed by atoms with Gasteiger partial charge in [0.25, 0.3) is 0 Å². The van der Waals surface area contributed by atoms with Crippen LogP contribution >= 0.6 is 36.6 Å². The maximum absolute atomic E-state index is 5.35. The van der Waals surface area contributed by atoms with Crippen LogP contribution in [0.2, 0.25) is 0 Å². The summed E-state index contributed by atoms with van der Waals surface area (Å²) in [7, 11) is 0. The average molecular weight is 187 g/mol. The van der Waals surface area contributed by atoms with Crippen LogP contribution in [0.25, 0.3) is 0 Å². The molecule has 1 aliphatic rings. The number of allylic oxidation sites excluding steroid dienone is 1. The highest BCUT2D eigenvalue weighted by atomic mass is 35.5. The van der Waals surface area contributed by atoms with E-state index in [1.807, 2.05) is 11.5 Å². The normalized spacial score (nSPS) is 22.1. The molecule has 0 saturated carbocycles. The number of hydrogen-bond acceptors (Lipinski definition) is 3. The van der Waals surface area contributed by atoms with E-state index < -0.39 is 0 Å². The number of nitrogens with zero attached hydrogens (tertiary/aromatic N) is 1. The molecule has 0 spiro atoms. The summed E-state index contributed by atoms with van der Waals surface area (Å²) >= 11 is 1.52. The molecule has 1 heterocycles. The van der Waals surface area contributed by atoms with Crippen molar-refractivity contribution in [1.82, 2.24) is 0 Å². The molecule has 54 valence electrons. The monoisotopic (exact) mass is 186 g/mol. The summed E-state index contributed by atoms with van der Waals surface area (Å²) in [5.41, 5.74) is 5.28. The van der Waals surface area contributed by atoms with Gasteiger partial charge in [0.05, 0.1) is 0 Å². The minimum Gasteiger partial charge on any atom is -0.301 e. The van der Waals surface area contributed by atoms with E-state index >= 15 is 0 Å². The van der Waals surface area contributed by atoms with Crippen LogP contribution in [0.5, 0.6) is 0 Å². The molecule has 0 amide bonds. The molecule has 1 atom stereocenters. The van der Waals surface area contributed by atoms with Crippen LogP contribution in [0.3, 0.4) is 0 Å². The highest BCUT2D eigenvalue weighted by Gasteiger charge is 1.94. The van der Waals surface area contributed by atoms with Crippen molar-refractivity contribution in [2.45, 2.75) is 5.50 Å². The Morgan fingerprint density at radius 1 is 1.44 bits per heavy atom. The summed E-state index contributed by atoms with van der Waals surface area (Å²) in [6.07, 6.45) is 3.58. The lowest BCUT2D eigenvalue weighted by Crippen LogP contribution is -2.11. The average Bonchev–Trinajstić information content (AvgIpc) is 1.69. The first-order chi connectivity index (χ1) is 3.39. The summed E-state index contributed by atoms with van der Waals surface area (Å²) in [6.45, 7) is 0. The molecule has 1 aliphatic heterocycles. The second kappa shape index (κ2) is 6.42. The molecule has 1 rings (SSSR count). The number of aliphatic imine (C=N–C) groups is 1. The van der Waals surface area contributed by atoms with Gasteiger partial charge in [0.15, 0.2) is 0 Å². The van der Waals surface area contributed by atoms with Gasteiger partial charge in [0.1, 0.15) is 5.50 Å². The molecule has 0 aliphatic carbocycles. The van der Waals surface area contributed by atoms with Gasteiger partial charge in [-0.25, -0.2) is 0 Å². The summed E-state index contributed by atoms with van der Waals surface area (Å²) in [5.74, 6) is 0. The van der Waals surface area contributed by atoms with Gasteiger partial charge in [-0.05, 0) is 11.5 Å². The molecule has 0 fully saturated rings. The van der Waals surface area contributed by atoms with Crippen LogP contribution in [-0.4, -0.2) is 11.7 Å². The number of halogens is 2. The predicted octanol–water partition coefficient (Wildman–Crippen LogP) is 1.40. The minimum atomic E-state index is -0.0648. The van der Waals surface area contributed by atoms with Crippen molar-refractivity contribution in [2.75, 3.05) is 0 Å². The molecular formula is C4H8Cl2N2S. The number of hydrogen-bond donors (Lipinski definition) is 1. The first kappa shape index (κ1) is 12.0. The maximum Gasteiger partial charge on any atom is 0.148 e. The molecule has 2 nitrogen and oxygen atoms in total. The van der Waals surface area contributed by atoms with Gasteiger partial charge >= 0.3 is 0 Å². The van der Waals surface area contributed by atoms with Gasteiger partial charge < -0.3 is 5.73 Å². The number of nitrogens with two attached hydrogens (primary N) is 1. The third-order valence-electron chi connectivity index (χ3n) is 0.616. The lowest BCUT2D eigenvalue weighted by Gasteiger charge is -2.02. The minimum absolute atomic E-state index is 0. The van der Waals surface area contributed by atoms with Gasteiger partial charge in [0.2, 0.25) is 0 Å². The smallest absolute Gasteiger partial charge is 0.148 e. The van der Waals surface area contributed by atoms with E-state index in [0.717, 1.165) is 0 Å². The number of thioether (sulfide) groups is 1. The Balaban J connectivity index is 0. The van der Waals surface area contributed by atoms with Gasteiger partial charge in [-0.1, -0.05) is 11.8 Å². The molecule has 0 radical (unpaired) electrons. The van der Waals surface area contributed by atoms with E-state index in [-0.39, 0.29) is 30.3 Å². The Kier molecular flexibility index (Phi) is 8.58. The van der Waals surface area contributed by atoms with Crippen molar-refractivity contribution >= 4 is 42.8 Å². The second-order valence-electron chi connectivity index (χ2n) is 1.15. The molecule has 1 unspecified atom stereocenters. The zero-order valence-corrected chi connectivity index (χ0v) is 7.01. The van der Waals surface area contributed by atoms with Crippen molar-refractivity contribution < 1.29 is 0 Å². The molecule has 0 bridgehead atoms.